The summed E-state index contributed by atoms with van der Waals surface area (Å²) < 4.78 is 0. The van der Waals surface area contributed by atoms with Crippen molar-refractivity contribution in [3.63, 3.8) is 0 Å². The number of hydrogen-bond acceptors (Lipinski definition) is 1. The summed E-state index contributed by atoms with van der Waals surface area (Å²) in [7, 11) is 0. The standard InChI is InChI=1S/C13H16O2/c1-2-9-4-3-5-10(8-9)11-6-7-12(11)13(14)15/h3-5,8,11-12H,2,6-7H2,1H3,(H,14,15). The third kappa shape index (κ3) is 1.89. The number of benzene rings is 1. The first-order valence-electron chi connectivity index (χ1n) is 5.54. The lowest BCUT2D eigenvalue weighted by atomic mass is 9.70. The number of carboxylic acid groups (broad SMARTS) is 1. The summed E-state index contributed by atoms with van der Waals surface area (Å²) in [4.78, 5) is 10.9. The van der Waals surface area contributed by atoms with Crippen molar-refractivity contribution in [2.24, 2.45) is 5.92 Å². The minimum atomic E-state index is -0.645. The highest BCUT2D eigenvalue weighted by molar-refractivity contribution is 5.72. The molecule has 1 aliphatic carbocycles. The summed E-state index contributed by atoms with van der Waals surface area (Å²) in [6.45, 7) is 2.12. The summed E-state index contributed by atoms with van der Waals surface area (Å²) in [5, 5.41) is 8.99. The monoisotopic (exact) mass is 204 g/mol. The summed E-state index contributed by atoms with van der Waals surface area (Å²) >= 11 is 0. The van der Waals surface area contributed by atoms with Gasteiger partial charge in [-0.25, -0.2) is 0 Å². The third-order valence-corrected chi connectivity index (χ3v) is 3.38. The quantitative estimate of drug-likeness (QED) is 0.822. The molecule has 0 spiro atoms. The lowest BCUT2D eigenvalue weighted by Crippen LogP contribution is -2.30. The van der Waals surface area contributed by atoms with Crippen LogP contribution in [0.5, 0.6) is 0 Å². The Morgan fingerprint density at radius 2 is 2.27 bits per heavy atom. The molecule has 1 aliphatic rings. The van der Waals surface area contributed by atoms with E-state index >= 15 is 0 Å². The van der Waals surface area contributed by atoms with E-state index in [2.05, 4.69) is 25.1 Å². The highest BCUT2D eigenvalue weighted by Crippen LogP contribution is 2.42. The Bertz CT molecular complexity index is 371. The second-order valence-electron chi connectivity index (χ2n) is 4.23. The van der Waals surface area contributed by atoms with Crippen molar-refractivity contribution in [1.29, 1.82) is 0 Å². The predicted octanol–water partition coefficient (Wildman–Crippen LogP) is 2.83. The Morgan fingerprint density at radius 3 is 2.80 bits per heavy atom. The van der Waals surface area contributed by atoms with Gasteiger partial charge in [0.05, 0.1) is 5.92 Å². The maximum Gasteiger partial charge on any atom is 0.307 e. The van der Waals surface area contributed by atoms with Gasteiger partial charge in [-0.05, 0) is 36.3 Å². The maximum atomic E-state index is 10.9. The van der Waals surface area contributed by atoms with Crippen LogP contribution in [-0.4, -0.2) is 11.1 Å². The van der Waals surface area contributed by atoms with Gasteiger partial charge in [0.1, 0.15) is 0 Å². The summed E-state index contributed by atoms with van der Waals surface area (Å²) in [5.41, 5.74) is 2.50. The van der Waals surface area contributed by atoms with Gasteiger partial charge in [-0.15, -0.1) is 0 Å². The molecule has 80 valence electrons. The summed E-state index contributed by atoms with van der Waals surface area (Å²) in [6.07, 6.45) is 2.86. The van der Waals surface area contributed by atoms with E-state index in [-0.39, 0.29) is 11.8 Å². The zero-order chi connectivity index (χ0) is 10.8. The van der Waals surface area contributed by atoms with Gasteiger partial charge in [0.25, 0.3) is 0 Å². The molecule has 0 heterocycles. The average molecular weight is 204 g/mol. The van der Waals surface area contributed by atoms with Crippen LogP contribution in [-0.2, 0) is 11.2 Å². The van der Waals surface area contributed by atoms with Crippen LogP contribution < -0.4 is 0 Å². The van der Waals surface area contributed by atoms with E-state index in [1.807, 2.05) is 6.07 Å². The summed E-state index contributed by atoms with van der Waals surface area (Å²) in [5.74, 6) is -0.556. The zero-order valence-electron chi connectivity index (χ0n) is 8.94. The largest absolute Gasteiger partial charge is 0.481 e. The third-order valence-electron chi connectivity index (χ3n) is 3.38. The van der Waals surface area contributed by atoms with Crippen LogP contribution in [0, 0.1) is 5.92 Å². The molecule has 1 aromatic carbocycles. The molecule has 0 radical (unpaired) electrons. The molecule has 15 heavy (non-hydrogen) atoms. The van der Waals surface area contributed by atoms with E-state index in [9.17, 15) is 4.79 Å². The number of carboxylic acids is 1. The van der Waals surface area contributed by atoms with E-state index in [1.165, 1.54) is 11.1 Å². The van der Waals surface area contributed by atoms with Crippen LogP contribution in [0.15, 0.2) is 24.3 Å². The molecule has 0 bridgehead atoms. The van der Waals surface area contributed by atoms with Gasteiger partial charge in [-0.2, -0.15) is 0 Å². The molecule has 1 fully saturated rings. The van der Waals surface area contributed by atoms with E-state index in [4.69, 9.17) is 5.11 Å². The topological polar surface area (TPSA) is 37.3 Å². The van der Waals surface area contributed by atoms with Crippen molar-refractivity contribution in [1.82, 2.24) is 0 Å². The Morgan fingerprint density at radius 1 is 1.47 bits per heavy atom. The Hall–Kier alpha value is -1.31. The van der Waals surface area contributed by atoms with Crippen molar-refractivity contribution in [2.75, 3.05) is 0 Å². The van der Waals surface area contributed by atoms with Crippen molar-refractivity contribution in [3.05, 3.63) is 35.4 Å². The molecule has 2 rings (SSSR count). The minimum Gasteiger partial charge on any atom is -0.481 e. The fourth-order valence-corrected chi connectivity index (χ4v) is 2.24. The molecule has 1 N–H and O–H groups in total. The lowest BCUT2D eigenvalue weighted by Gasteiger charge is -2.33. The normalized spacial score (nSPS) is 24.6. The number of aliphatic carboxylic acids is 1. The van der Waals surface area contributed by atoms with Crippen molar-refractivity contribution in [2.45, 2.75) is 32.1 Å². The molecular formula is C13H16O2. The molecule has 2 heteroatoms. The fraction of sp³-hybridized carbons (Fsp3) is 0.462. The average Bonchev–Trinajstić information content (AvgIpc) is 2.15. The van der Waals surface area contributed by atoms with Crippen molar-refractivity contribution >= 4 is 5.97 Å². The van der Waals surface area contributed by atoms with Gasteiger partial charge in [0.2, 0.25) is 0 Å². The van der Waals surface area contributed by atoms with Crippen LogP contribution in [0.25, 0.3) is 0 Å². The van der Waals surface area contributed by atoms with Crippen molar-refractivity contribution < 1.29 is 9.90 Å². The molecule has 1 aromatic rings. The molecule has 0 amide bonds. The zero-order valence-corrected chi connectivity index (χ0v) is 8.94. The number of aryl methyl sites for hydroxylation is 1. The number of carbonyl (C=O) groups is 1. The maximum absolute atomic E-state index is 10.9. The van der Waals surface area contributed by atoms with Crippen LogP contribution in [0.2, 0.25) is 0 Å². The van der Waals surface area contributed by atoms with Gasteiger partial charge < -0.3 is 5.11 Å². The molecule has 0 saturated heterocycles. The van der Waals surface area contributed by atoms with Gasteiger partial charge in [-0.3, -0.25) is 4.79 Å². The first-order valence-corrected chi connectivity index (χ1v) is 5.54. The second kappa shape index (κ2) is 4.05. The van der Waals surface area contributed by atoms with Crippen molar-refractivity contribution in [3.8, 4) is 0 Å². The van der Waals surface area contributed by atoms with Crippen LogP contribution in [0.4, 0.5) is 0 Å². The first-order chi connectivity index (χ1) is 7.22. The lowest BCUT2D eigenvalue weighted by molar-refractivity contribution is -0.145. The van der Waals surface area contributed by atoms with E-state index < -0.39 is 5.97 Å². The van der Waals surface area contributed by atoms with E-state index in [0.717, 1.165) is 19.3 Å². The molecule has 0 aliphatic heterocycles. The number of rotatable bonds is 3. The van der Waals surface area contributed by atoms with Gasteiger partial charge in [-0.1, -0.05) is 31.2 Å². The Balaban J connectivity index is 2.19. The predicted molar refractivity (Wildman–Crippen MR) is 58.9 cm³/mol. The molecular weight excluding hydrogens is 188 g/mol. The Labute approximate surface area is 89.9 Å². The van der Waals surface area contributed by atoms with E-state index in [1.54, 1.807) is 0 Å². The molecule has 2 unspecified atom stereocenters. The molecule has 0 aromatic heterocycles. The molecule has 2 atom stereocenters. The molecule has 2 nitrogen and oxygen atoms in total. The van der Waals surface area contributed by atoms with Gasteiger partial charge in [0.15, 0.2) is 0 Å². The van der Waals surface area contributed by atoms with Gasteiger partial charge >= 0.3 is 5.97 Å². The number of hydrogen-bond donors (Lipinski definition) is 1. The first kappa shape index (κ1) is 10.2. The fourth-order valence-electron chi connectivity index (χ4n) is 2.24. The van der Waals surface area contributed by atoms with Crippen LogP contribution in [0.1, 0.15) is 36.8 Å². The smallest absolute Gasteiger partial charge is 0.307 e. The SMILES string of the molecule is CCc1cccc(C2CCC2C(=O)O)c1. The molecule has 1 saturated carbocycles. The van der Waals surface area contributed by atoms with Crippen LogP contribution >= 0.6 is 0 Å². The Kier molecular flexibility index (Phi) is 2.76. The highest BCUT2D eigenvalue weighted by atomic mass is 16.4. The minimum absolute atomic E-state index is 0.155. The second-order valence-corrected chi connectivity index (χ2v) is 4.23. The van der Waals surface area contributed by atoms with Crippen LogP contribution in [0.3, 0.4) is 0 Å². The van der Waals surface area contributed by atoms with E-state index in [0.29, 0.717) is 0 Å². The highest BCUT2D eigenvalue weighted by Gasteiger charge is 2.37. The van der Waals surface area contributed by atoms with Gasteiger partial charge in [0, 0.05) is 0 Å². The summed E-state index contributed by atoms with van der Waals surface area (Å²) in [6, 6.07) is 8.34.